The average molecular weight is 350 g/mol. The number of hydrogen-bond acceptors (Lipinski definition) is 4. The highest BCUT2D eigenvalue weighted by molar-refractivity contribution is 6.23. The molecule has 4 nitrogen and oxygen atoms in total. The molecule has 1 aliphatic rings. The van der Waals surface area contributed by atoms with Crippen molar-refractivity contribution in [3.63, 3.8) is 0 Å². The van der Waals surface area contributed by atoms with E-state index in [9.17, 15) is 13.2 Å². The Bertz CT molecular complexity index is 1080. The standard InChI is InChI=1S/C19H9F3N4/c20-19(21,22)12-7-5-11(6-8-12)15-9-24-18-16(25-10-23)13-3-1-2-4-14(13)17(18)26-15/h1-9H/b25-16+. The summed E-state index contributed by atoms with van der Waals surface area (Å²) in [4.78, 5) is 12.8. The maximum Gasteiger partial charge on any atom is 0.416 e. The average Bonchev–Trinajstić information content (AvgIpc) is 2.95. The highest BCUT2D eigenvalue weighted by Gasteiger charge is 2.30. The molecule has 0 radical (unpaired) electrons. The highest BCUT2D eigenvalue weighted by Crippen LogP contribution is 2.36. The van der Waals surface area contributed by atoms with Gasteiger partial charge in [-0.1, -0.05) is 36.4 Å². The fraction of sp³-hybridized carbons (Fsp3) is 0.0526. The molecule has 126 valence electrons. The van der Waals surface area contributed by atoms with Crippen LogP contribution < -0.4 is 0 Å². The largest absolute Gasteiger partial charge is 0.416 e. The summed E-state index contributed by atoms with van der Waals surface area (Å²) in [6, 6.07) is 12.1. The zero-order valence-corrected chi connectivity index (χ0v) is 13.1. The third-order valence-corrected chi connectivity index (χ3v) is 4.10. The highest BCUT2D eigenvalue weighted by atomic mass is 19.4. The van der Waals surface area contributed by atoms with E-state index in [-0.39, 0.29) is 0 Å². The van der Waals surface area contributed by atoms with Crippen LogP contribution in [0.1, 0.15) is 16.8 Å². The van der Waals surface area contributed by atoms with Crippen molar-refractivity contribution in [2.24, 2.45) is 4.99 Å². The summed E-state index contributed by atoms with van der Waals surface area (Å²) >= 11 is 0. The molecule has 0 saturated carbocycles. The lowest BCUT2D eigenvalue weighted by Crippen LogP contribution is -2.04. The molecular weight excluding hydrogens is 341 g/mol. The van der Waals surface area contributed by atoms with Gasteiger partial charge in [0.05, 0.1) is 23.1 Å². The number of nitriles is 1. The van der Waals surface area contributed by atoms with E-state index in [1.165, 1.54) is 18.3 Å². The summed E-state index contributed by atoms with van der Waals surface area (Å²) in [5.41, 5.74) is 3.30. The molecule has 3 aromatic rings. The molecule has 2 aromatic carbocycles. The number of aromatic nitrogens is 2. The van der Waals surface area contributed by atoms with Crippen LogP contribution in [-0.4, -0.2) is 15.7 Å². The van der Waals surface area contributed by atoms with Crippen LogP contribution in [0.4, 0.5) is 13.2 Å². The molecule has 7 heteroatoms. The first-order chi connectivity index (χ1) is 12.5. The first-order valence-corrected chi connectivity index (χ1v) is 7.60. The van der Waals surface area contributed by atoms with Gasteiger partial charge in [0, 0.05) is 16.7 Å². The number of hydrogen-bond donors (Lipinski definition) is 0. The molecule has 0 spiro atoms. The normalized spacial score (nSPS) is 14.0. The lowest BCUT2D eigenvalue weighted by molar-refractivity contribution is -0.137. The maximum absolute atomic E-state index is 12.7. The van der Waals surface area contributed by atoms with Crippen LogP contribution in [0.3, 0.4) is 0 Å². The van der Waals surface area contributed by atoms with Gasteiger partial charge in [0.25, 0.3) is 0 Å². The summed E-state index contributed by atoms with van der Waals surface area (Å²) in [6.45, 7) is 0. The summed E-state index contributed by atoms with van der Waals surface area (Å²) in [5, 5.41) is 8.92. The molecular formula is C19H9F3N4. The van der Waals surface area contributed by atoms with Crippen LogP contribution in [0, 0.1) is 11.5 Å². The molecule has 0 saturated heterocycles. The minimum atomic E-state index is -4.39. The van der Waals surface area contributed by atoms with E-state index in [2.05, 4.69) is 15.0 Å². The quantitative estimate of drug-likeness (QED) is 0.476. The molecule has 0 fully saturated rings. The predicted octanol–water partition coefficient (Wildman–Crippen LogP) is 4.46. The minimum absolute atomic E-state index is 0.449. The molecule has 1 aliphatic carbocycles. The Morgan fingerprint density at radius 3 is 2.27 bits per heavy atom. The Labute approximate surface area is 146 Å². The number of nitrogens with zero attached hydrogens (tertiary/aromatic N) is 4. The molecule has 0 bridgehead atoms. The first kappa shape index (κ1) is 16.0. The van der Waals surface area contributed by atoms with Gasteiger partial charge in [-0.15, -0.1) is 0 Å². The second kappa shape index (κ2) is 5.77. The fourth-order valence-corrected chi connectivity index (χ4v) is 2.91. The van der Waals surface area contributed by atoms with Gasteiger partial charge in [0.1, 0.15) is 11.4 Å². The Morgan fingerprint density at radius 1 is 0.923 bits per heavy atom. The van der Waals surface area contributed by atoms with Gasteiger partial charge < -0.3 is 0 Å². The number of halogens is 3. The van der Waals surface area contributed by atoms with Gasteiger partial charge in [0.2, 0.25) is 6.19 Å². The molecule has 0 unspecified atom stereocenters. The summed E-state index contributed by atoms with van der Waals surface area (Å²) in [6.07, 6.45) is -1.14. The second-order valence-electron chi connectivity index (χ2n) is 5.63. The zero-order valence-electron chi connectivity index (χ0n) is 13.1. The Balaban J connectivity index is 1.83. The van der Waals surface area contributed by atoms with E-state index in [4.69, 9.17) is 5.26 Å². The summed E-state index contributed by atoms with van der Waals surface area (Å²) < 4.78 is 38.1. The van der Waals surface area contributed by atoms with E-state index in [1.807, 2.05) is 24.3 Å². The topological polar surface area (TPSA) is 61.9 Å². The van der Waals surface area contributed by atoms with Crippen molar-refractivity contribution in [3.8, 4) is 28.7 Å². The predicted molar refractivity (Wildman–Crippen MR) is 89.2 cm³/mol. The molecule has 0 amide bonds. The lowest BCUT2D eigenvalue weighted by atomic mass is 10.1. The number of rotatable bonds is 1. The van der Waals surface area contributed by atoms with E-state index in [0.717, 1.165) is 23.3 Å². The fourth-order valence-electron chi connectivity index (χ4n) is 2.91. The third-order valence-electron chi connectivity index (χ3n) is 4.10. The number of fused-ring (bicyclic) bond motifs is 3. The molecule has 4 rings (SSSR count). The van der Waals surface area contributed by atoms with Gasteiger partial charge in [0.15, 0.2) is 0 Å². The SMILES string of the molecule is N#C/N=C1\c2ccccc2-c2nc(-c3ccc(C(F)(F)F)cc3)cnc21. The Hall–Kier alpha value is -3.53. The van der Waals surface area contributed by atoms with Crippen LogP contribution in [0.2, 0.25) is 0 Å². The van der Waals surface area contributed by atoms with E-state index < -0.39 is 11.7 Å². The van der Waals surface area contributed by atoms with Crippen LogP contribution in [-0.2, 0) is 6.18 Å². The number of benzene rings is 2. The van der Waals surface area contributed by atoms with Crippen LogP contribution in [0.25, 0.3) is 22.5 Å². The monoisotopic (exact) mass is 350 g/mol. The van der Waals surface area contributed by atoms with Gasteiger partial charge in [-0.05, 0) is 12.1 Å². The van der Waals surface area contributed by atoms with Crippen molar-refractivity contribution in [2.75, 3.05) is 0 Å². The molecule has 1 heterocycles. The number of alkyl halides is 3. The third kappa shape index (κ3) is 2.52. The molecule has 26 heavy (non-hydrogen) atoms. The Morgan fingerprint density at radius 2 is 1.62 bits per heavy atom. The van der Waals surface area contributed by atoms with Crippen LogP contribution >= 0.6 is 0 Å². The summed E-state index contributed by atoms with van der Waals surface area (Å²) in [7, 11) is 0. The van der Waals surface area contributed by atoms with Crippen molar-refractivity contribution >= 4 is 5.71 Å². The van der Waals surface area contributed by atoms with Gasteiger partial charge in [-0.3, -0.25) is 0 Å². The van der Waals surface area contributed by atoms with E-state index in [1.54, 1.807) is 6.19 Å². The lowest BCUT2D eigenvalue weighted by Gasteiger charge is -2.08. The van der Waals surface area contributed by atoms with Gasteiger partial charge in [-0.25, -0.2) is 9.97 Å². The van der Waals surface area contributed by atoms with E-state index in [0.29, 0.717) is 28.4 Å². The smallest absolute Gasteiger partial charge is 0.250 e. The van der Waals surface area contributed by atoms with Crippen molar-refractivity contribution in [1.82, 2.24) is 9.97 Å². The minimum Gasteiger partial charge on any atom is -0.250 e. The first-order valence-electron chi connectivity index (χ1n) is 7.60. The second-order valence-corrected chi connectivity index (χ2v) is 5.63. The maximum atomic E-state index is 12.7. The van der Waals surface area contributed by atoms with Gasteiger partial charge >= 0.3 is 6.18 Å². The van der Waals surface area contributed by atoms with Crippen LogP contribution in [0.15, 0.2) is 59.7 Å². The van der Waals surface area contributed by atoms with Crippen molar-refractivity contribution < 1.29 is 13.2 Å². The zero-order chi connectivity index (χ0) is 18.3. The summed E-state index contributed by atoms with van der Waals surface area (Å²) in [5.74, 6) is 0. The molecule has 0 N–H and O–H groups in total. The number of aliphatic imine (C=N–C) groups is 1. The molecule has 0 atom stereocenters. The van der Waals surface area contributed by atoms with Crippen molar-refractivity contribution in [1.29, 1.82) is 5.26 Å². The molecule has 0 aliphatic heterocycles. The molecule has 1 aromatic heterocycles. The van der Waals surface area contributed by atoms with Crippen LogP contribution in [0.5, 0.6) is 0 Å². The van der Waals surface area contributed by atoms with Gasteiger partial charge in [-0.2, -0.15) is 23.4 Å². The van der Waals surface area contributed by atoms with Crippen molar-refractivity contribution in [3.05, 3.63) is 71.5 Å². The Kier molecular flexibility index (Phi) is 3.55. The van der Waals surface area contributed by atoms with E-state index >= 15 is 0 Å². The van der Waals surface area contributed by atoms with Crippen molar-refractivity contribution in [2.45, 2.75) is 6.18 Å².